The zero-order chi connectivity index (χ0) is 8.81. The van der Waals surface area contributed by atoms with Gasteiger partial charge in [0.05, 0.1) is 6.54 Å². The van der Waals surface area contributed by atoms with E-state index in [4.69, 9.17) is 5.73 Å². The molecule has 2 N–H and O–H groups in total. The van der Waals surface area contributed by atoms with Gasteiger partial charge in [-0.1, -0.05) is 39.9 Å². The third-order valence-electron chi connectivity index (χ3n) is 1.42. The highest BCUT2D eigenvalue weighted by Crippen LogP contribution is 2.07. The van der Waals surface area contributed by atoms with E-state index in [0.29, 0.717) is 6.54 Å². The maximum absolute atomic E-state index is 5.26. The first-order chi connectivity index (χ1) is 5.86. The number of alkyl halides is 1. The fourth-order valence-electron chi connectivity index (χ4n) is 0.885. The van der Waals surface area contributed by atoms with Crippen LogP contribution >= 0.6 is 15.9 Å². The summed E-state index contributed by atoms with van der Waals surface area (Å²) in [6, 6.07) is 8.09. The van der Waals surface area contributed by atoms with Gasteiger partial charge in [-0.2, -0.15) is 0 Å². The molecular weight excluding hydrogens is 214 g/mol. The van der Waals surface area contributed by atoms with Crippen molar-refractivity contribution in [2.24, 2.45) is 5.73 Å². The molecule has 1 nitrogen and oxygen atoms in total. The van der Waals surface area contributed by atoms with Crippen molar-refractivity contribution in [3.63, 3.8) is 0 Å². The SMILES string of the molecule is NCC#Cc1cccc(CBr)c1. The first kappa shape index (κ1) is 9.31. The second-order valence-corrected chi connectivity index (χ2v) is 2.90. The fourth-order valence-corrected chi connectivity index (χ4v) is 1.23. The average molecular weight is 224 g/mol. The Labute approximate surface area is 81.1 Å². The third-order valence-corrected chi connectivity index (χ3v) is 2.06. The van der Waals surface area contributed by atoms with Crippen LogP contribution in [-0.4, -0.2) is 6.54 Å². The molecule has 0 amide bonds. The molecule has 62 valence electrons. The van der Waals surface area contributed by atoms with E-state index in [-0.39, 0.29) is 0 Å². The standard InChI is InChI=1S/C10H10BrN/c11-8-10-4-1-3-9(7-10)5-2-6-12/h1,3-4,7H,6,8,12H2. The summed E-state index contributed by atoms with van der Waals surface area (Å²) in [6.07, 6.45) is 0. The van der Waals surface area contributed by atoms with Crippen LogP contribution in [0.4, 0.5) is 0 Å². The van der Waals surface area contributed by atoms with Gasteiger partial charge < -0.3 is 5.73 Å². The molecule has 0 radical (unpaired) electrons. The van der Waals surface area contributed by atoms with Gasteiger partial charge in [-0.3, -0.25) is 0 Å². The van der Waals surface area contributed by atoms with Gasteiger partial charge in [-0.05, 0) is 17.7 Å². The topological polar surface area (TPSA) is 26.0 Å². The van der Waals surface area contributed by atoms with E-state index in [9.17, 15) is 0 Å². The first-order valence-corrected chi connectivity index (χ1v) is 4.83. The van der Waals surface area contributed by atoms with Crippen molar-refractivity contribution in [3.8, 4) is 11.8 Å². The lowest BCUT2D eigenvalue weighted by Gasteiger charge is -1.94. The van der Waals surface area contributed by atoms with Crippen molar-refractivity contribution < 1.29 is 0 Å². The molecule has 0 spiro atoms. The monoisotopic (exact) mass is 223 g/mol. The molecule has 0 bridgehead atoms. The molecule has 0 aliphatic heterocycles. The predicted octanol–water partition coefficient (Wildman–Crippen LogP) is 1.89. The van der Waals surface area contributed by atoms with Gasteiger partial charge in [0, 0.05) is 10.9 Å². The van der Waals surface area contributed by atoms with Crippen LogP contribution in [0.3, 0.4) is 0 Å². The van der Waals surface area contributed by atoms with E-state index in [0.717, 1.165) is 10.9 Å². The van der Waals surface area contributed by atoms with Crippen molar-refractivity contribution in [2.45, 2.75) is 5.33 Å². The molecule has 0 aliphatic rings. The van der Waals surface area contributed by atoms with Gasteiger partial charge in [0.25, 0.3) is 0 Å². The smallest absolute Gasteiger partial charge is 0.0555 e. The van der Waals surface area contributed by atoms with E-state index in [1.165, 1.54) is 5.56 Å². The van der Waals surface area contributed by atoms with E-state index < -0.39 is 0 Å². The summed E-state index contributed by atoms with van der Waals surface area (Å²) in [5.41, 5.74) is 7.52. The van der Waals surface area contributed by atoms with Gasteiger partial charge in [0.15, 0.2) is 0 Å². The molecule has 2 heteroatoms. The van der Waals surface area contributed by atoms with Crippen molar-refractivity contribution in [2.75, 3.05) is 6.54 Å². The number of nitrogens with two attached hydrogens (primary N) is 1. The van der Waals surface area contributed by atoms with Crippen LogP contribution in [0.15, 0.2) is 24.3 Å². The lowest BCUT2D eigenvalue weighted by Crippen LogP contribution is -1.93. The molecule has 0 atom stereocenters. The Hall–Kier alpha value is -0.780. The fraction of sp³-hybridized carbons (Fsp3) is 0.200. The van der Waals surface area contributed by atoms with Crippen LogP contribution in [0.25, 0.3) is 0 Å². The molecule has 0 aromatic heterocycles. The zero-order valence-electron chi connectivity index (χ0n) is 6.68. The van der Waals surface area contributed by atoms with E-state index >= 15 is 0 Å². The van der Waals surface area contributed by atoms with Crippen molar-refractivity contribution in [1.29, 1.82) is 0 Å². The Balaban J connectivity index is 2.86. The van der Waals surface area contributed by atoms with Crippen LogP contribution in [0.1, 0.15) is 11.1 Å². The van der Waals surface area contributed by atoms with Gasteiger partial charge in [-0.25, -0.2) is 0 Å². The summed E-state index contributed by atoms with van der Waals surface area (Å²) in [5.74, 6) is 5.80. The maximum atomic E-state index is 5.26. The molecule has 1 aromatic carbocycles. The lowest BCUT2D eigenvalue weighted by molar-refractivity contribution is 1.30. The largest absolute Gasteiger partial charge is 0.320 e. The summed E-state index contributed by atoms with van der Waals surface area (Å²) in [6.45, 7) is 0.415. The van der Waals surface area contributed by atoms with Gasteiger partial charge >= 0.3 is 0 Å². The Morgan fingerprint density at radius 2 is 2.25 bits per heavy atom. The minimum absolute atomic E-state index is 0.415. The molecule has 0 heterocycles. The Morgan fingerprint density at radius 1 is 1.42 bits per heavy atom. The summed E-state index contributed by atoms with van der Waals surface area (Å²) in [5, 5.41) is 0.866. The van der Waals surface area contributed by atoms with E-state index in [1.807, 2.05) is 12.1 Å². The number of benzene rings is 1. The summed E-state index contributed by atoms with van der Waals surface area (Å²) < 4.78 is 0. The van der Waals surface area contributed by atoms with Crippen LogP contribution in [0.5, 0.6) is 0 Å². The highest BCUT2D eigenvalue weighted by Gasteiger charge is 1.89. The molecule has 0 saturated heterocycles. The van der Waals surface area contributed by atoms with Crippen LogP contribution in [0.2, 0.25) is 0 Å². The quantitative estimate of drug-likeness (QED) is 0.572. The lowest BCUT2D eigenvalue weighted by atomic mass is 10.1. The molecule has 1 rings (SSSR count). The second kappa shape index (κ2) is 4.97. The summed E-state index contributed by atoms with van der Waals surface area (Å²) in [4.78, 5) is 0. The average Bonchev–Trinajstić information content (AvgIpc) is 2.15. The van der Waals surface area contributed by atoms with Gasteiger partial charge in [0.1, 0.15) is 0 Å². The van der Waals surface area contributed by atoms with Crippen LogP contribution in [0, 0.1) is 11.8 Å². The molecule has 0 fully saturated rings. The molecule has 0 aliphatic carbocycles. The van der Waals surface area contributed by atoms with Gasteiger partial charge in [0.2, 0.25) is 0 Å². The molecule has 12 heavy (non-hydrogen) atoms. The van der Waals surface area contributed by atoms with Crippen molar-refractivity contribution in [1.82, 2.24) is 0 Å². The number of hydrogen-bond acceptors (Lipinski definition) is 1. The second-order valence-electron chi connectivity index (χ2n) is 2.34. The summed E-state index contributed by atoms with van der Waals surface area (Å²) >= 11 is 3.39. The predicted molar refractivity (Wildman–Crippen MR) is 55.0 cm³/mol. The van der Waals surface area contributed by atoms with Crippen LogP contribution < -0.4 is 5.73 Å². The number of rotatable bonds is 1. The minimum atomic E-state index is 0.415. The molecule has 1 aromatic rings. The first-order valence-electron chi connectivity index (χ1n) is 3.70. The Kier molecular flexibility index (Phi) is 3.86. The zero-order valence-corrected chi connectivity index (χ0v) is 8.26. The van der Waals surface area contributed by atoms with E-state index in [1.54, 1.807) is 0 Å². The Bertz CT molecular complexity index is 309. The van der Waals surface area contributed by atoms with Gasteiger partial charge in [-0.15, -0.1) is 0 Å². The Morgan fingerprint density at radius 3 is 2.92 bits per heavy atom. The molecule has 0 unspecified atom stereocenters. The van der Waals surface area contributed by atoms with Crippen molar-refractivity contribution in [3.05, 3.63) is 35.4 Å². The van der Waals surface area contributed by atoms with Crippen LogP contribution in [-0.2, 0) is 5.33 Å². The maximum Gasteiger partial charge on any atom is 0.0555 e. The number of halogens is 1. The summed E-state index contributed by atoms with van der Waals surface area (Å²) in [7, 11) is 0. The minimum Gasteiger partial charge on any atom is -0.320 e. The highest BCUT2D eigenvalue weighted by atomic mass is 79.9. The highest BCUT2D eigenvalue weighted by molar-refractivity contribution is 9.08. The van der Waals surface area contributed by atoms with Crippen molar-refractivity contribution >= 4 is 15.9 Å². The van der Waals surface area contributed by atoms with E-state index in [2.05, 4.69) is 39.9 Å². The normalized spacial score (nSPS) is 8.83. The number of hydrogen-bond donors (Lipinski definition) is 1. The molecular formula is C10H10BrN. The molecule has 0 saturated carbocycles. The third kappa shape index (κ3) is 2.69.